The molecule has 0 fully saturated rings. The van der Waals surface area contributed by atoms with Crippen LogP contribution in [0.4, 0.5) is 5.69 Å². The van der Waals surface area contributed by atoms with Crippen LogP contribution in [0.3, 0.4) is 0 Å². The number of rotatable bonds is 6. The summed E-state index contributed by atoms with van der Waals surface area (Å²) in [6, 6.07) is 10.3. The number of nitrogens with one attached hydrogen (secondary N) is 2. The molecule has 0 bridgehead atoms. The first-order chi connectivity index (χ1) is 11.2. The SMILES string of the molecule is CC(C)(N)CNC(=O)Cc1ccc(NC(=O)c2ccc(Br)o2)cc1. The van der Waals surface area contributed by atoms with Crippen LogP contribution in [-0.4, -0.2) is 23.9 Å². The molecule has 1 heterocycles. The topological polar surface area (TPSA) is 97.4 Å². The quantitative estimate of drug-likeness (QED) is 0.702. The molecule has 0 aliphatic rings. The van der Waals surface area contributed by atoms with E-state index in [4.69, 9.17) is 10.2 Å². The predicted molar refractivity (Wildman–Crippen MR) is 95.8 cm³/mol. The Balaban J connectivity index is 1.88. The van der Waals surface area contributed by atoms with Crippen molar-refractivity contribution in [3.8, 4) is 0 Å². The Morgan fingerprint density at radius 3 is 2.38 bits per heavy atom. The third kappa shape index (κ3) is 5.82. The maximum atomic E-state index is 12.0. The highest BCUT2D eigenvalue weighted by molar-refractivity contribution is 9.10. The van der Waals surface area contributed by atoms with Crippen molar-refractivity contribution in [1.82, 2.24) is 5.32 Å². The number of carbonyl (C=O) groups is 2. The Kier molecular flexibility index (Phi) is 5.80. The summed E-state index contributed by atoms with van der Waals surface area (Å²) in [4.78, 5) is 23.8. The number of furan rings is 1. The van der Waals surface area contributed by atoms with Crippen molar-refractivity contribution in [2.45, 2.75) is 25.8 Å². The molecule has 0 radical (unpaired) electrons. The van der Waals surface area contributed by atoms with Crippen LogP contribution in [0.2, 0.25) is 0 Å². The van der Waals surface area contributed by atoms with Crippen molar-refractivity contribution in [3.63, 3.8) is 0 Å². The summed E-state index contributed by atoms with van der Waals surface area (Å²) in [5.41, 5.74) is 6.86. The molecule has 2 aromatic rings. The van der Waals surface area contributed by atoms with E-state index in [1.165, 1.54) is 0 Å². The van der Waals surface area contributed by atoms with E-state index in [1.54, 1.807) is 36.4 Å². The highest BCUT2D eigenvalue weighted by Gasteiger charge is 2.13. The van der Waals surface area contributed by atoms with Crippen molar-refractivity contribution in [2.24, 2.45) is 5.73 Å². The van der Waals surface area contributed by atoms with E-state index in [9.17, 15) is 9.59 Å². The molecule has 0 spiro atoms. The highest BCUT2D eigenvalue weighted by atomic mass is 79.9. The summed E-state index contributed by atoms with van der Waals surface area (Å²) in [6.45, 7) is 4.11. The molecule has 2 amide bonds. The number of carbonyl (C=O) groups excluding carboxylic acids is 2. The zero-order valence-corrected chi connectivity index (χ0v) is 15.1. The van der Waals surface area contributed by atoms with Gasteiger partial charge in [0, 0.05) is 17.8 Å². The van der Waals surface area contributed by atoms with Gasteiger partial charge in [-0.3, -0.25) is 9.59 Å². The highest BCUT2D eigenvalue weighted by Crippen LogP contribution is 2.16. The summed E-state index contributed by atoms with van der Waals surface area (Å²) < 4.78 is 5.68. The van der Waals surface area contributed by atoms with Crippen LogP contribution in [0.5, 0.6) is 0 Å². The second-order valence-electron chi connectivity index (χ2n) is 6.20. The van der Waals surface area contributed by atoms with Gasteiger partial charge in [0.1, 0.15) is 0 Å². The lowest BCUT2D eigenvalue weighted by atomic mass is 10.1. The van der Waals surface area contributed by atoms with Crippen LogP contribution < -0.4 is 16.4 Å². The van der Waals surface area contributed by atoms with Gasteiger partial charge in [-0.2, -0.15) is 0 Å². The summed E-state index contributed by atoms with van der Waals surface area (Å²) >= 11 is 3.15. The number of benzene rings is 1. The van der Waals surface area contributed by atoms with E-state index < -0.39 is 5.54 Å². The Labute approximate surface area is 148 Å². The van der Waals surface area contributed by atoms with Crippen LogP contribution in [0.25, 0.3) is 0 Å². The third-order valence-corrected chi connectivity index (χ3v) is 3.54. The largest absolute Gasteiger partial charge is 0.444 e. The third-order valence-electron chi connectivity index (χ3n) is 3.11. The number of nitrogens with two attached hydrogens (primary N) is 1. The molecule has 0 aliphatic heterocycles. The van der Waals surface area contributed by atoms with Crippen molar-refractivity contribution >= 4 is 33.4 Å². The van der Waals surface area contributed by atoms with Gasteiger partial charge >= 0.3 is 0 Å². The first-order valence-electron chi connectivity index (χ1n) is 7.44. The van der Waals surface area contributed by atoms with E-state index in [2.05, 4.69) is 26.6 Å². The molecule has 2 rings (SSSR count). The van der Waals surface area contributed by atoms with Gasteiger partial charge in [-0.1, -0.05) is 12.1 Å². The van der Waals surface area contributed by atoms with Gasteiger partial charge < -0.3 is 20.8 Å². The molecule has 0 atom stereocenters. The van der Waals surface area contributed by atoms with E-state index in [0.29, 0.717) is 16.9 Å². The molecular weight excluding hydrogens is 374 g/mol. The van der Waals surface area contributed by atoms with Crippen LogP contribution in [0, 0.1) is 0 Å². The molecule has 6 nitrogen and oxygen atoms in total. The lowest BCUT2D eigenvalue weighted by Gasteiger charge is -2.18. The summed E-state index contributed by atoms with van der Waals surface area (Å²) in [5, 5.41) is 5.52. The molecule has 7 heteroatoms. The standard InChI is InChI=1S/C17H20BrN3O3/c1-17(2,19)10-20-15(22)9-11-3-5-12(6-4-11)21-16(23)13-7-8-14(18)24-13/h3-8H,9-10,19H2,1-2H3,(H,20,22)(H,21,23). The fraction of sp³-hybridized carbons (Fsp3) is 0.294. The average molecular weight is 394 g/mol. The molecule has 0 saturated heterocycles. The fourth-order valence-corrected chi connectivity index (χ4v) is 2.22. The number of anilines is 1. The van der Waals surface area contributed by atoms with Gasteiger partial charge in [0.25, 0.3) is 5.91 Å². The molecule has 1 aromatic carbocycles. The molecule has 0 aliphatic carbocycles. The van der Waals surface area contributed by atoms with Crippen LogP contribution in [0.1, 0.15) is 30.0 Å². The van der Waals surface area contributed by atoms with Gasteiger partial charge in [-0.05, 0) is 59.6 Å². The second kappa shape index (κ2) is 7.63. The first-order valence-corrected chi connectivity index (χ1v) is 8.23. The number of hydrogen-bond acceptors (Lipinski definition) is 4. The minimum Gasteiger partial charge on any atom is -0.444 e. The second-order valence-corrected chi connectivity index (χ2v) is 6.98. The van der Waals surface area contributed by atoms with Crippen molar-refractivity contribution in [3.05, 3.63) is 52.4 Å². The lowest BCUT2D eigenvalue weighted by molar-refractivity contribution is -0.120. The molecule has 1 aromatic heterocycles. The van der Waals surface area contributed by atoms with Gasteiger partial charge in [0.05, 0.1) is 6.42 Å². The normalized spacial score (nSPS) is 11.2. The maximum absolute atomic E-state index is 12.0. The minimum absolute atomic E-state index is 0.0919. The number of halogens is 1. The van der Waals surface area contributed by atoms with Crippen molar-refractivity contribution in [1.29, 1.82) is 0 Å². The molecule has 0 unspecified atom stereocenters. The Morgan fingerprint density at radius 2 is 1.83 bits per heavy atom. The zero-order valence-electron chi connectivity index (χ0n) is 13.6. The zero-order chi connectivity index (χ0) is 17.7. The fourth-order valence-electron chi connectivity index (χ4n) is 1.91. The number of hydrogen-bond donors (Lipinski definition) is 3. The van der Waals surface area contributed by atoms with E-state index in [0.717, 1.165) is 5.56 Å². The molecule has 24 heavy (non-hydrogen) atoms. The Morgan fingerprint density at radius 1 is 1.17 bits per heavy atom. The van der Waals surface area contributed by atoms with E-state index >= 15 is 0 Å². The lowest BCUT2D eigenvalue weighted by Crippen LogP contribution is -2.45. The van der Waals surface area contributed by atoms with Crippen LogP contribution >= 0.6 is 15.9 Å². The molecule has 0 saturated carbocycles. The van der Waals surface area contributed by atoms with E-state index in [-0.39, 0.29) is 24.0 Å². The van der Waals surface area contributed by atoms with Crippen LogP contribution in [0.15, 0.2) is 45.5 Å². The minimum atomic E-state index is -0.440. The monoisotopic (exact) mass is 393 g/mol. The summed E-state index contributed by atoms with van der Waals surface area (Å²) in [6.07, 6.45) is 0.259. The van der Waals surface area contributed by atoms with Crippen molar-refractivity contribution in [2.75, 3.05) is 11.9 Å². The molecule has 128 valence electrons. The maximum Gasteiger partial charge on any atom is 0.291 e. The number of amides is 2. The Hall–Kier alpha value is -2.12. The van der Waals surface area contributed by atoms with Gasteiger partial charge in [-0.15, -0.1) is 0 Å². The van der Waals surface area contributed by atoms with Gasteiger partial charge in [0.15, 0.2) is 10.4 Å². The first kappa shape index (κ1) is 18.2. The van der Waals surface area contributed by atoms with E-state index in [1.807, 2.05) is 13.8 Å². The summed E-state index contributed by atoms with van der Waals surface area (Å²) in [5.74, 6) is -0.211. The van der Waals surface area contributed by atoms with Gasteiger partial charge in [0.2, 0.25) is 5.91 Å². The van der Waals surface area contributed by atoms with Gasteiger partial charge in [-0.25, -0.2) is 0 Å². The molecular formula is C17H20BrN3O3. The average Bonchev–Trinajstić information content (AvgIpc) is 2.93. The predicted octanol–water partition coefficient (Wildman–Crippen LogP) is 2.69. The Bertz CT molecular complexity index is 717. The van der Waals surface area contributed by atoms with Crippen LogP contribution in [-0.2, 0) is 11.2 Å². The van der Waals surface area contributed by atoms with Crippen molar-refractivity contribution < 1.29 is 14.0 Å². The smallest absolute Gasteiger partial charge is 0.291 e. The summed E-state index contributed by atoms with van der Waals surface area (Å²) in [7, 11) is 0. The molecule has 4 N–H and O–H groups in total.